The first-order valence-electron chi connectivity index (χ1n) is 11.5. The van der Waals surface area contributed by atoms with Crippen molar-refractivity contribution in [1.82, 2.24) is 9.80 Å². The van der Waals surface area contributed by atoms with E-state index >= 15 is 0 Å². The van der Waals surface area contributed by atoms with Gasteiger partial charge >= 0.3 is 18.3 Å². The Morgan fingerprint density at radius 3 is 1.83 bits per heavy atom. The van der Waals surface area contributed by atoms with E-state index in [0.717, 1.165) is 10.5 Å². The molecule has 0 spiro atoms. The Morgan fingerprint density at radius 1 is 0.800 bits per heavy atom. The number of hydrogen-bond donors (Lipinski definition) is 0. The van der Waals surface area contributed by atoms with Gasteiger partial charge in [-0.3, -0.25) is 0 Å². The van der Waals surface area contributed by atoms with E-state index in [0.29, 0.717) is 0 Å². The molecule has 1 unspecified atom stereocenters. The Labute approximate surface area is 207 Å². The summed E-state index contributed by atoms with van der Waals surface area (Å²) in [5.41, 5.74) is -1.77. The van der Waals surface area contributed by atoms with Crippen molar-refractivity contribution in [1.29, 1.82) is 0 Å². The monoisotopic (exact) mass is 487 g/mol. The van der Waals surface area contributed by atoms with Gasteiger partial charge in [-0.15, -0.1) is 4.99 Å². The molecule has 9 heteroatoms. The van der Waals surface area contributed by atoms with Crippen LogP contribution in [0.1, 0.15) is 73.9 Å². The van der Waals surface area contributed by atoms with Crippen LogP contribution in [0.15, 0.2) is 47.5 Å². The molecule has 0 radical (unpaired) electrons. The molecule has 0 bridgehead atoms. The van der Waals surface area contributed by atoms with Crippen molar-refractivity contribution in [2.75, 3.05) is 6.54 Å². The van der Waals surface area contributed by atoms with Gasteiger partial charge in [-0.05, 0) is 67.9 Å². The molecular weight excluding hydrogens is 450 g/mol. The van der Waals surface area contributed by atoms with Gasteiger partial charge in [0.15, 0.2) is 0 Å². The first-order valence-corrected chi connectivity index (χ1v) is 11.5. The molecule has 0 aliphatic carbocycles. The zero-order valence-electron chi connectivity index (χ0n) is 22.1. The van der Waals surface area contributed by atoms with E-state index in [9.17, 15) is 14.4 Å². The fourth-order valence-corrected chi connectivity index (χ4v) is 3.09. The third-order valence-electron chi connectivity index (χ3n) is 4.27. The Balaban J connectivity index is 2.70. The quantitative estimate of drug-likeness (QED) is 0.353. The third kappa shape index (κ3) is 8.73. The molecule has 9 nitrogen and oxygen atoms in total. The van der Waals surface area contributed by atoms with Gasteiger partial charge in [0.05, 0.1) is 12.6 Å². The van der Waals surface area contributed by atoms with Crippen LogP contribution < -0.4 is 0 Å². The highest BCUT2D eigenvalue weighted by atomic mass is 16.6. The Morgan fingerprint density at radius 2 is 1.31 bits per heavy atom. The number of guanidine groups is 1. The van der Waals surface area contributed by atoms with Gasteiger partial charge in [-0.2, -0.15) is 0 Å². The Hall–Kier alpha value is -3.36. The molecule has 1 aliphatic rings. The fraction of sp³-hybridized carbons (Fsp3) is 0.538. The van der Waals surface area contributed by atoms with Crippen LogP contribution in [0.25, 0.3) is 0 Å². The fourth-order valence-electron chi connectivity index (χ4n) is 3.09. The maximum atomic E-state index is 13.5. The van der Waals surface area contributed by atoms with E-state index in [1.54, 1.807) is 74.5 Å². The Kier molecular flexibility index (Phi) is 8.36. The number of amides is 3. The van der Waals surface area contributed by atoms with Crippen LogP contribution in [-0.4, -0.2) is 57.4 Å². The topological polar surface area (TPSA) is 97.7 Å². The summed E-state index contributed by atoms with van der Waals surface area (Å²) in [6.07, 6.45) is 0.967. The minimum atomic E-state index is -0.955. The second-order valence-corrected chi connectivity index (χ2v) is 11.1. The Bertz CT molecular complexity index is 981. The van der Waals surface area contributed by atoms with Crippen molar-refractivity contribution in [3.8, 4) is 0 Å². The molecule has 2 rings (SSSR count). The van der Waals surface area contributed by atoms with Crippen LogP contribution in [0.5, 0.6) is 0 Å². The molecule has 1 atom stereocenters. The lowest BCUT2D eigenvalue weighted by atomic mass is 10.1. The van der Waals surface area contributed by atoms with Crippen molar-refractivity contribution in [2.24, 2.45) is 4.99 Å². The van der Waals surface area contributed by atoms with Gasteiger partial charge < -0.3 is 14.2 Å². The van der Waals surface area contributed by atoms with Gasteiger partial charge in [0.2, 0.25) is 5.96 Å². The van der Waals surface area contributed by atoms with E-state index in [-0.39, 0.29) is 12.5 Å². The summed E-state index contributed by atoms with van der Waals surface area (Å²) < 4.78 is 16.6. The minimum Gasteiger partial charge on any atom is -0.443 e. The molecule has 0 fully saturated rings. The number of hydrogen-bond acceptors (Lipinski definition) is 6. The maximum Gasteiger partial charge on any atom is 0.437 e. The van der Waals surface area contributed by atoms with E-state index in [1.807, 2.05) is 30.3 Å². The molecule has 1 aromatic carbocycles. The first-order chi connectivity index (χ1) is 16.0. The largest absolute Gasteiger partial charge is 0.443 e. The van der Waals surface area contributed by atoms with E-state index in [2.05, 4.69) is 4.99 Å². The summed E-state index contributed by atoms with van der Waals surface area (Å²) in [4.78, 5) is 45.9. The second kappa shape index (κ2) is 10.5. The summed E-state index contributed by atoms with van der Waals surface area (Å²) in [6.45, 7) is 15.5. The van der Waals surface area contributed by atoms with Crippen LogP contribution in [0.3, 0.4) is 0 Å². The highest BCUT2D eigenvalue weighted by Crippen LogP contribution is 2.29. The SMILES string of the molecule is CC(C)(C)OC(=O)/N=C1\N(C(=O)OC(C)(C)C)CC=CC(c2ccccc2)N1C(=O)OC(C)(C)C. The number of ether oxygens (including phenoxy) is 3. The highest BCUT2D eigenvalue weighted by molar-refractivity contribution is 6.05. The predicted octanol–water partition coefficient (Wildman–Crippen LogP) is 6.06. The molecule has 35 heavy (non-hydrogen) atoms. The average Bonchev–Trinajstić information content (AvgIpc) is 2.84. The summed E-state index contributed by atoms with van der Waals surface area (Å²) in [6, 6.07) is 8.47. The van der Waals surface area contributed by atoms with Crippen LogP contribution >= 0.6 is 0 Å². The number of benzene rings is 1. The van der Waals surface area contributed by atoms with Crippen molar-refractivity contribution < 1.29 is 28.6 Å². The molecule has 3 amide bonds. The van der Waals surface area contributed by atoms with Gasteiger partial charge in [-0.1, -0.05) is 42.5 Å². The van der Waals surface area contributed by atoms with Crippen LogP contribution in [0, 0.1) is 0 Å². The smallest absolute Gasteiger partial charge is 0.437 e. The number of nitrogens with zero attached hydrogens (tertiary/aromatic N) is 3. The summed E-state index contributed by atoms with van der Waals surface area (Å²) in [5, 5.41) is 0. The van der Waals surface area contributed by atoms with Crippen LogP contribution in [0.4, 0.5) is 14.4 Å². The first kappa shape index (κ1) is 27.9. The van der Waals surface area contributed by atoms with Crippen molar-refractivity contribution in [3.63, 3.8) is 0 Å². The zero-order chi connectivity index (χ0) is 26.6. The summed E-state index contributed by atoms with van der Waals surface area (Å²) in [5.74, 6) is -0.249. The molecule has 1 heterocycles. The van der Waals surface area contributed by atoms with Crippen LogP contribution in [-0.2, 0) is 14.2 Å². The number of carbonyl (C=O) groups excluding carboxylic acids is 3. The van der Waals surface area contributed by atoms with E-state index in [1.165, 1.54) is 4.90 Å². The number of carbonyl (C=O) groups is 3. The maximum absolute atomic E-state index is 13.5. The molecule has 1 aromatic rings. The van der Waals surface area contributed by atoms with Gasteiger partial charge in [0.25, 0.3) is 0 Å². The molecule has 0 aromatic heterocycles. The van der Waals surface area contributed by atoms with Crippen molar-refractivity contribution in [2.45, 2.75) is 85.2 Å². The van der Waals surface area contributed by atoms with E-state index in [4.69, 9.17) is 14.2 Å². The molecule has 1 aliphatic heterocycles. The minimum absolute atomic E-state index is 0.0131. The lowest BCUT2D eigenvalue weighted by molar-refractivity contribution is 0.0266. The van der Waals surface area contributed by atoms with Crippen LogP contribution in [0.2, 0.25) is 0 Å². The molecule has 192 valence electrons. The summed E-state index contributed by atoms with van der Waals surface area (Å²) in [7, 11) is 0. The molecule has 0 N–H and O–H groups in total. The van der Waals surface area contributed by atoms with Crippen molar-refractivity contribution in [3.05, 3.63) is 48.0 Å². The molecule has 0 saturated carbocycles. The van der Waals surface area contributed by atoms with E-state index < -0.39 is 41.1 Å². The number of rotatable bonds is 1. The number of aliphatic imine (C=N–C) groups is 1. The predicted molar refractivity (Wildman–Crippen MR) is 133 cm³/mol. The van der Waals surface area contributed by atoms with Gasteiger partial charge in [0, 0.05) is 0 Å². The molecule has 0 saturated heterocycles. The summed E-state index contributed by atoms with van der Waals surface area (Å²) >= 11 is 0. The average molecular weight is 488 g/mol. The van der Waals surface area contributed by atoms with Gasteiger partial charge in [0.1, 0.15) is 16.8 Å². The highest BCUT2D eigenvalue weighted by Gasteiger charge is 2.40. The normalized spacial score (nSPS) is 18.2. The lowest BCUT2D eigenvalue weighted by Crippen LogP contribution is -2.52. The standard InChI is InChI=1S/C26H37N3O6/c1-24(2,3)33-21(30)27-20-28(22(31)34-25(4,5)6)17-13-16-19(18-14-11-10-12-15-18)29(20)23(32)35-26(7,8)9/h10-16,19H,17H2,1-9H3/b27-20+. The molecular formula is C26H37N3O6. The zero-order valence-corrected chi connectivity index (χ0v) is 22.1. The third-order valence-corrected chi connectivity index (χ3v) is 4.27. The van der Waals surface area contributed by atoms with Crippen molar-refractivity contribution >= 4 is 24.2 Å². The van der Waals surface area contributed by atoms with Gasteiger partial charge in [-0.25, -0.2) is 24.2 Å². The second-order valence-electron chi connectivity index (χ2n) is 11.1. The lowest BCUT2D eigenvalue weighted by Gasteiger charge is -2.35.